The molecule has 1 aromatic carbocycles. The van der Waals surface area contributed by atoms with E-state index in [1.807, 2.05) is 53.4 Å². The Balaban J connectivity index is 2.03. The molecule has 0 unspecified atom stereocenters. The van der Waals surface area contributed by atoms with E-state index in [2.05, 4.69) is 25.9 Å². The molecular formula is C16H14BrN5O. The molecule has 0 fully saturated rings. The summed E-state index contributed by atoms with van der Waals surface area (Å²) in [5.74, 6) is 0.580. The summed E-state index contributed by atoms with van der Waals surface area (Å²) in [6.45, 7) is 2.47. The van der Waals surface area contributed by atoms with E-state index < -0.39 is 0 Å². The van der Waals surface area contributed by atoms with Gasteiger partial charge in [0.15, 0.2) is 11.2 Å². The first-order chi connectivity index (χ1) is 11.1. The molecule has 116 valence electrons. The van der Waals surface area contributed by atoms with Gasteiger partial charge in [0, 0.05) is 13.6 Å². The third-order valence-electron chi connectivity index (χ3n) is 4.00. The van der Waals surface area contributed by atoms with Crippen LogP contribution in [-0.4, -0.2) is 23.5 Å². The van der Waals surface area contributed by atoms with Crippen LogP contribution in [-0.2, 0) is 13.6 Å². The van der Waals surface area contributed by atoms with Crippen molar-refractivity contribution in [3.8, 4) is 0 Å². The summed E-state index contributed by atoms with van der Waals surface area (Å²) >= 11 is 3.46. The zero-order chi connectivity index (χ0) is 16.1. The Labute approximate surface area is 140 Å². The van der Waals surface area contributed by atoms with Crippen molar-refractivity contribution in [2.45, 2.75) is 13.5 Å². The minimum Gasteiger partial charge on any atom is -0.320 e. The van der Waals surface area contributed by atoms with E-state index in [4.69, 9.17) is 0 Å². The van der Waals surface area contributed by atoms with Crippen LogP contribution in [0.3, 0.4) is 0 Å². The van der Waals surface area contributed by atoms with Crippen LogP contribution in [0.2, 0.25) is 0 Å². The molecule has 4 rings (SSSR count). The molecule has 0 aliphatic rings. The van der Waals surface area contributed by atoms with Crippen LogP contribution in [0.25, 0.3) is 16.9 Å². The fourth-order valence-electron chi connectivity index (χ4n) is 2.84. The molecule has 3 aromatic heterocycles. The standard InChI is InChI=1S/C16H14BrN5O/c1-10-13(17)22-15(23)12-14(20(2)16(22)19-10)18-9-21(12)8-11-6-4-3-5-7-11/h3-7,9H,8H2,1-2H3. The van der Waals surface area contributed by atoms with Gasteiger partial charge in [-0.25, -0.2) is 14.4 Å². The third kappa shape index (κ3) is 2.03. The first-order valence-electron chi connectivity index (χ1n) is 7.20. The Morgan fingerprint density at radius 3 is 2.70 bits per heavy atom. The lowest BCUT2D eigenvalue weighted by atomic mass is 10.2. The average molecular weight is 372 g/mol. The Bertz CT molecular complexity index is 1090. The highest BCUT2D eigenvalue weighted by molar-refractivity contribution is 9.10. The minimum atomic E-state index is -0.117. The lowest BCUT2D eigenvalue weighted by Gasteiger charge is -2.07. The number of hydrogen-bond donors (Lipinski definition) is 0. The van der Waals surface area contributed by atoms with E-state index in [-0.39, 0.29) is 5.56 Å². The molecule has 6 nitrogen and oxygen atoms in total. The summed E-state index contributed by atoms with van der Waals surface area (Å²) in [7, 11) is 1.87. The van der Waals surface area contributed by atoms with E-state index in [1.54, 1.807) is 10.7 Å². The minimum absolute atomic E-state index is 0.117. The maximum absolute atomic E-state index is 13.0. The maximum atomic E-state index is 13.0. The predicted octanol–water partition coefficient (Wildman–Crippen LogP) is 2.50. The Morgan fingerprint density at radius 1 is 1.22 bits per heavy atom. The maximum Gasteiger partial charge on any atom is 0.286 e. The summed E-state index contributed by atoms with van der Waals surface area (Å²) in [6, 6.07) is 10.0. The van der Waals surface area contributed by atoms with Crippen LogP contribution in [0.15, 0.2) is 46.1 Å². The van der Waals surface area contributed by atoms with Crippen LogP contribution in [0, 0.1) is 6.92 Å². The number of aromatic nitrogens is 5. The largest absolute Gasteiger partial charge is 0.320 e. The molecule has 0 N–H and O–H groups in total. The summed E-state index contributed by atoms with van der Waals surface area (Å²) in [5.41, 5.74) is 2.99. The molecule has 0 atom stereocenters. The van der Waals surface area contributed by atoms with Gasteiger partial charge in [0.05, 0.1) is 12.0 Å². The molecule has 4 aromatic rings. The van der Waals surface area contributed by atoms with Gasteiger partial charge in [-0.3, -0.25) is 9.36 Å². The highest BCUT2D eigenvalue weighted by atomic mass is 79.9. The number of rotatable bonds is 2. The SMILES string of the molecule is Cc1nc2n(C)c3ncn(Cc4ccccc4)c3c(=O)n2c1Br. The lowest BCUT2D eigenvalue weighted by Crippen LogP contribution is -2.20. The second-order valence-corrected chi connectivity index (χ2v) is 6.27. The summed E-state index contributed by atoms with van der Waals surface area (Å²) < 4.78 is 5.99. The van der Waals surface area contributed by atoms with Gasteiger partial charge in [0.1, 0.15) is 4.60 Å². The number of aryl methyl sites for hydroxylation is 2. The van der Waals surface area contributed by atoms with Crippen molar-refractivity contribution < 1.29 is 0 Å². The van der Waals surface area contributed by atoms with Gasteiger partial charge >= 0.3 is 0 Å². The van der Waals surface area contributed by atoms with E-state index >= 15 is 0 Å². The first-order valence-corrected chi connectivity index (χ1v) is 7.99. The van der Waals surface area contributed by atoms with Gasteiger partial charge in [-0.05, 0) is 28.4 Å². The van der Waals surface area contributed by atoms with Gasteiger partial charge < -0.3 is 4.57 Å². The van der Waals surface area contributed by atoms with Crippen molar-refractivity contribution >= 4 is 32.9 Å². The molecule has 0 aliphatic carbocycles. The number of hydrogen-bond acceptors (Lipinski definition) is 3. The van der Waals surface area contributed by atoms with Crippen LogP contribution >= 0.6 is 15.9 Å². The molecule has 3 heterocycles. The number of halogens is 1. The van der Waals surface area contributed by atoms with Crippen LogP contribution in [0.4, 0.5) is 0 Å². The first kappa shape index (κ1) is 14.2. The smallest absolute Gasteiger partial charge is 0.286 e. The molecule has 7 heteroatoms. The molecule has 0 bridgehead atoms. The molecule has 0 radical (unpaired) electrons. The van der Waals surface area contributed by atoms with Crippen molar-refractivity contribution in [2.75, 3.05) is 0 Å². The second-order valence-electron chi connectivity index (χ2n) is 5.52. The topological polar surface area (TPSA) is 57.1 Å². The van der Waals surface area contributed by atoms with Gasteiger partial charge in [0.2, 0.25) is 5.78 Å². The molecular weight excluding hydrogens is 358 g/mol. The van der Waals surface area contributed by atoms with Crippen molar-refractivity contribution in [3.63, 3.8) is 0 Å². The summed E-state index contributed by atoms with van der Waals surface area (Å²) in [4.78, 5) is 21.8. The quantitative estimate of drug-likeness (QED) is 0.543. The molecule has 23 heavy (non-hydrogen) atoms. The fraction of sp³-hybridized carbons (Fsp3) is 0.188. The molecule has 0 saturated heterocycles. The predicted molar refractivity (Wildman–Crippen MR) is 91.7 cm³/mol. The van der Waals surface area contributed by atoms with Gasteiger partial charge in [-0.15, -0.1) is 0 Å². The van der Waals surface area contributed by atoms with E-state index in [1.165, 1.54) is 0 Å². The zero-order valence-corrected chi connectivity index (χ0v) is 14.3. The number of nitrogens with zero attached hydrogens (tertiary/aromatic N) is 5. The molecule has 0 saturated carbocycles. The summed E-state index contributed by atoms with van der Waals surface area (Å²) in [5, 5.41) is 0. The Hall–Kier alpha value is -2.41. The number of imidazole rings is 2. The highest BCUT2D eigenvalue weighted by Crippen LogP contribution is 2.19. The fourth-order valence-corrected chi connectivity index (χ4v) is 3.25. The van der Waals surface area contributed by atoms with Crippen LogP contribution in [0.5, 0.6) is 0 Å². The Morgan fingerprint density at radius 2 is 1.96 bits per heavy atom. The monoisotopic (exact) mass is 371 g/mol. The van der Waals surface area contributed by atoms with E-state index in [0.29, 0.717) is 28.1 Å². The Kier molecular flexibility index (Phi) is 3.12. The number of benzene rings is 1. The average Bonchev–Trinajstić information content (AvgIpc) is 3.09. The van der Waals surface area contributed by atoms with Crippen LogP contribution in [0.1, 0.15) is 11.3 Å². The normalized spacial score (nSPS) is 11.6. The van der Waals surface area contributed by atoms with Crippen molar-refractivity contribution in [1.82, 2.24) is 23.5 Å². The van der Waals surface area contributed by atoms with Crippen molar-refractivity contribution in [2.24, 2.45) is 7.05 Å². The van der Waals surface area contributed by atoms with E-state index in [0.717, 1.165) is 11.3 Å². The molecule has 0 aliphatic heterocycles. The number of fused-ring (bicyclic) bond motifs is 2. The van der Waals surface area contributed by atoms with Crippen molar-refractivity contribution in [3.05, 3.63) is 62.9 Å². The second kappa shape index (κ2) is 5.06. The zero-order valence-electron chi connectivity index (χ0n) is 12.7. The molecule has 0 spiro atoms. The summed E-state index contributed by atoms with van der Waals surface area (Å²) in [6.07, 6.45) is 1.71. The molecule has 0 amide bonds. The lowest BCUT2D eigenvalue weighted by molar-refractivity contribution is 0.814. The van der Waals surface area contributed by atoms with Gasteiger partial charge in [-0.1, -0.05) is 30.3 Å². The third-order valence-corrected chi connectivity index (χ3v) is 4.93. The van der Waals surface area contributed by atoms with E-state index in [9.17, 15) is 4.79 Å². The van der Waals surface area contributed by atoms with Gasteiger partial charge in [-0.2, -0.15) is 0 Å². The van der Waals surface area contributed by atoms with Crippen LogP contribution < -0.4 is 5.56 Å². The van der Waals surface area contributed by atoms with Gasteiger partial charge in [0.25, 0.3) is 5.56 Å². The van der Waals surface area contributed by atoms with Crippen molar-refractivity contribution in [1.29, 1.82) is 0 Å². The highest BCUT2D eigenvalue weighted by Gasteiger charge is 2.18.